The van der Waals surface area contributed by atoms with E-state index in [1.807, 2.05) is 0 Å². The van der Waals surface area contributed by atoms with Gasteiger partial charge in [-0.1, -0.05) is 0 Å². The van der Waals surface area contributed by atoms with Crippen LogP contribution in [0.1, 0.15) is 50.9 Å². The third-order valence-electron chi connectivity index (χ3n) is 3.79. The van der Waals surface area contributed by atoms with Crippen LogP contribution in [0.3, 0.4) is 0 Å². The summed E-state index contributed by atoms with van der Waals surface area (Å²) in [5.41, 5.74) is 7.05. The quantitative estimate of drug-likeness (QED) is 0.715. The van der Waals surface area contributed by atoms with Crippen LogP contribution in [0.2, 0.25) is 0 Å². The first-order valence-electron chi connectivity index (χ1n) is 7.23. The maximum absolute atomic E-state index is 12.4. The number of amides is 1. The molecule has 1 aromatic carbocycles. The number of hydrogen-bond acceptors (Lipinski definition) is 3. The lowest BCUT2D eigenvalue weighted by Crippen LogP contribution is -2.62. The normalized spacial score (nSPS) is 21.0. The Morgan fingerprint density at radius 3 is 2.38 bits per heavy atom. The van der Waals surface area contributed by atoms with Crippen molar-refractivity contribution in [2.24, 2.45) is 0 Å². The Morgan fingerprint density at radius 2 is 1.86 bits per heavy atom. The zero-order valence-corrected chi connectivity index (χ0v) is 14.7. The van der Waals surface area contributed by atoms with Gasteiger partial charge in [-0.2, -0.15) is 0 Å². The molecular weight excluding hydrogens is 330 g/mol. The number of carbonyl (C=O) groups excluding carboxylic acids is 1. The minimum absolute atomic E-state index is 0.0153. The van der Waals surface area contributed by atoms with Gasteiger partial charge in [0.1, 0.15) is 0 Å². The molecule has 21 heavy (non-hydrogen) atoms. The summed E-state index contributed by atoms with van der Waals surface area (Å²) >= 11 is 3.36. The van der Waals surface area contributed by atoms with E-state index in [0.717, 1.165) is 17.3 Å². The number of halogens is 1. The van der Waals surface area contributed by atoms with E-state index in [1.54, 1.807) is 18.2 Å². The molecule has 0 atom stereocenters. The number of rotatable bonds is 2. The highest BCUT2D eigenvalue weighted by molar-refractivity contribution is 9.10. The Kier molecular flexibility index (Phi) is 4.36. The van der Waals surface area contributed by atoms with Gasteiger partial charge in [0.25, 0.3) is 5.91 Å². The van der Waals surface area contributed by atoms with Crippen LogP contribution in [0.15, 0.2) is 22.7 Å². The number of nitrogens with two attached hydrogens (primary N) is 1. The molecule has 4 nitrogen and oxygen atoms in total. The Labute approximate surface area is 135 Å². The maximum atomic E-state index is 12.4. The number of piperidine rings is 1. The van der Waals surface area contributed by atoms with Crippen LogP contribution in [-0.2, 0) is 0 Å². The summed E-state index contributed by atoms with van der Waals surface area (Å²) in [7, 11) is 0. The van der Waals surface area contributed by atoms with E-state index in [1.165, 1.54) is 0 Å². The van der Waals surface area contributed by atoms with Crippen molar-refractivity contribution in [1.82, 2.24) is 10.6 Å². The molecule has 0 unspecified atom stereocenters. The average molecular weight is 354 g/mol. The first-order valence-corrected chi connectivity index (χ1v) is 8.03. The molecule has 2 rings (SSSR count). The second-order valence-corrected chi connectivity index (χ2v) is 8.06. The summed E-state index contributed by atoms with van der Waals surface area (Å²) in [6, 6.07) is 5.43. The van der Waals surface area contributed by atoms with Gasteiger partial charge < -0.3 is 16.4 Å². The summed E-state index contributed by atoms with van der Waals surface area (Å²) in [5, 5.41) is 6.77. The highest BCUT2D eigenvalue weighted by Crippen LogP contribution is 2.29. The number of carbonyl (C=O) groups is 1. The zero-order chi connectivity index (χ0) is 15.8. The second-order valence-electron chi connectivity index (χ2n) is 7.21. The van der Waals surface area contributed by atoms with Crippen LogP contribution in [-0.4, -0.2) is 23.0 Å². The number of nitrogen functional groups attached to an aromatic ring is 1. The summed E-state index contributed by atoms with van der Waals surface area (Å²) in [6.45, 7) is 8.69. The third-order valence-corrected chi connectivity index (χ3v) is 4.47. The van der Waals surface area contributed by atoms with Crippen LogP contribution >= 0.6 is 15.9 Å². The predicted molar refractivity (Wildman–Crippen MR) is 90.3 cm³/mol. The molecule has 0 aromatic heterocycles. The van der Waals surface area contributed by atoms with Crippen molar-refractivity contribution in [1.29, 1.82) is 0 Å². The van der Waals surface area contributed by atoms with Gasteiger partial charge in [-0.25, -0.2) is 0 Å². The minimum Gasteiger partial charge on any atom is -0.398 e. The second kappa shape index (κ2) is 5.61. The van der Waals surface area contributed by atoms with Gasteiger partial charge in [0.05, 0.1) is 0 Å². The predicted octanol–water partition coefficient (Wildman–Crippen LogP) is 3.07. The maximum Gasteiger partial charge on any atom is 0.251 e. The molecule has 4 N–H and O–H groups in total. The molecule has 1 amide bonds. The highest BCUT2D eigenvalue weighted by Gasteiger charge is 2.38. The lowest BCUT2D eigenvalue weighted by atomic mass is 9.79. The molecule has 1 saturated heterocycles. The van der Waals surface area contributed by atoms with Gasteiger partial charge in [-0.15, -0.1) is 0 Å². The van der Waals surface area contributed by atoms with E-state index in [2.05, 4.69) is 54.3 Å². The summed E-state index contributed by atoms with van der Waals surface area (Å²) in [4.78, 5) is 12.4. The van der Waals surface area contributed by atoms with Crippen LogP contribution in [0.5, 0.6) is 0 Å². The zero-order valence-electron chi connectivity index (χ0n) is 13.1. The smallest absolute Gasteiger partial charge is 0.251 e. The topological polar surface area (TPSA) is 67.2 Å². The van der Waals surface area contributed by atoms with Crippen LogP contribution in [0, 0.1) is 0 Å². The first-order chi connectivity index (χ1) is 9.58. The summed E-state index contributed by atoms with van der Waals surface area (Å²) < 4.78 is 0.751. The molecular formula is C16H24BrN3O. The molecule has 116 valence electrons. The van der Waals surface area contributed by atoms with Crippen molar-refractivity contribution in [3.8, 4) is 0 Å². The van der Waals surface area contributed by atoms with E-state index < -0.39 is 0 Å². The van der Waals surface area contributed by atoms with Crippen LogP contribution < -0.4 is 16.4 Å². The van der Waals surface area contributed by atoms with Crippen LogP contribution in [0.25, 0.3) is 0 Å². The van der Waals surface area contributed by atoms with Gasteiger partial charge in [0, 0.05) is 32.8 Å². The van der Waals surface area contributed by atoms with Crippen molar-refractivity contribution in [3.05, 3.63) is 28.2 Å². The molecule has 1 aliphatic rings. The van der Waals surface area contributed by atoms with E-state index in [4.69, 9.17) is 5.73 Å². The SMILES string of the molecule is CC1(C)CC(NC(=O)c2ccc(N)c(Br)c2)CC(C)(C)N1. The van der Waals surface area contributed by atoms with E-state index >= 15 is 0 Å². The van der Waals surface area contributed by atoms with Gasteiger partial charge in [-0.05, 0) is 74.7 Å². The molecule has 0 spiro atoms. The Balaban J connectivity index is 2.10. The fourth-order valence-electron chi connectivity index (χ4n) is 3.36. The molecule has 0 saturated carbocycles. The largest absolute Gasteiger partial charge is 0.398 e. The van der Waals surface area contributed by atoms with Crippen LogP contribution in [0.4, 0.5) is 5.69 Å². The number of hydrogen-bond donors (Lipinski definition) is 3. The van der Waals surface area contributed by atoms with E-state index in [9.17, 15) is 4.79 Å². The third kappa shape index (κ3) is 4.20. The molecule has 1 fully saturated rings. The molecule has 1 aliphatic heterocycles. The lowest BCUT2D eigenvalue weighted by Gasteiger charge is -2.46. The lowest BCUT2D eigenvalue weighted by molar-refractivity contribution is 0.0873. The Morgan fingerprint density at radius 1 is 1.29 bits per heavy atom. The Bertz CT molecular complexity index is 538. The van der Waals surface area contributed by atoms with Crippen molar-refractivity contribution in [2.45, 2.75) is 57.7 Å². The summed E-state index contributed by atoms with van der Waals surface area (Å²) in [6.07, 6.45) is 1.83. The number of nitrogens with one attached hydrogen (secondary N) is 2. The molecule has 1 heterocycles. The molecule has 0 bridgehead atoms. The van der Waals surface area contributed by atoms with Gasteiger partial charge >= 0.3 is 0 Å². The van der Waals surface area contributed by atoms with Gasteiger partial charge in [0.2, 0.25) is 0 Å². The molecule has 5 heteroatoms. The molecule has 0 aliphatic carbocycles. The Hall–Kier alpha value is -1.07. The average Bonchev–Trinajstić information content (AvgIpc) is 2.28. The van der Waals surface area contributed by atoms with E-state index in [0.29, 0.717) is 11.3 Å². The van der Waals surface area contributed by atoms with Gasteiger partial charge in [-0.3, -0.25) is 4.79 Å². The highest BCUT2D eigenvalue weighted by atomic mass is 79.9. The van der Waals surface area contributed by atoms with Crippen molar-refractivity contribution >= 4 is 27.5 Å². The minimum atomic E-state index is -0.0470. The number of benzene rings is 1. The monoisotopic (exact) mass is 353 g/mol. The molecule has 0 radical (unpaired) electrons. The molecule has 1 aromatic rings. The van der Waals surface area contributed by atoms with Crippen molar-refractivity contribution in [2.75, 3.05) is 5.73 Å². The number of anilines is 1. The van der Waals surface area contributed by atoms with Crippen molar-refractivity contribution in [3.63, 3.8) is 0 Å². The first kappa shape index (κ1) is 16.3. The van der Waals surface area contributed by atoms with Crippen molar-refractivity contribution < 1.29 is 4.79 Å². The van der Waals surface area contributed by atoms with Gasteiger partial charge in [0.15, 0.2) is 0 Å². The fraction of sp³-hybridized carbons (Fsp3) is 0.562. The fourth-order valence-corrected chi connectivity index (χ4v) is 3.74. The standard InChI is InChI=1S/C16H24BrN3O/c1-15(2)8-11(9-16(3,4)20-15)19-14(21)10-5-6-13(18)12(17)7-10/h5-7,11,20H,8-9,18H2,1-4H3,(H,19,21). The summed E-state index contributed by atoms with van der Waals surface area (Å²) in [5.74, 6) is -0.0470. The van der Waals surface area contributed by atoms with E-state index in [-0.39, 0.29) is 23.0 Å².